The minimum absolute atomic E-state index is 0.0944. The molecule has 1 N–H and O–H groups in total. The van der Waals surface area contributed by atoms with Gasteiger partial charge in [-0.25, -0.2) is 0 Å². The van der Waals surface area contributed by atoms with Gasteiger partial charge in [0, 0.05) is 33.0 Å². The van der Waals surface area contributed by atoms with Gasteiger partial charge < -0.3 is 14.4 Å². The summed E-state index contributed by atoms with van der Waals surface area (Å²) in [5.41, 5.74) is 1.47. The van der Waals surface area contributed by atoms with E-state index in [4.69, 9.17) is 4.42 Å². The molecular formula is C20H33N3O2. The van der Waals surface area contributed by atoms with Crippen molar-refractivity contribution in [2.75, 3.05) is 19.6 Å². The van der Waals surface area contributed by atoms with E-state index in [1.807, 2.05) is 6.92 Å². The first kappa shape index (κ1) is 18.6. The molecule has 0 radical (unpaired) electrons. The average Bonchev–Trinajstić information content (AvgIpc) is 2.97. The number of nitrogens with zero attached hydrogens (tertiary/aromatic N) is 3. The SMILES string of the molecule is CC1=C[C@@H](CN2CCC(O)CC2)[C@H](C(C)C)C[C@@H]1Cc1nnc(C)o1. The Balaban J connectivity index is 1.68. The molecule has 0 unspecified atom stereocenters. The molecule has 140 valence electrons. The predicted octanol–water partition coefficient (Wildman–Crippen LogP) is 3.23. The molecule has 0 bridgehead atoms. The number of hydrogen-bond donors (Lipinski definition) is 1. The van der Waals surface area contributed by atoms with Gasteiger partial charge >= 0.3 is 0 Å². The smallest absolute Gasteiger partial charge is 0.217 e. The van der Waals surface area contributed by atoms with Gasteiger partial charge in [-0.15, -0.1) is 10.2 Å². The van der Waals surface area contributed by atoms with Gasteiger partial charge in [0.05, 0.1) is 6.10 Å². The van der Waals surface area contributed by atoms with Crippen molar-refractivity contribution in [3.8, 4) is 0 Å². The normalized spacial score (nSPS) is 29.2. The first-order valence-corrected chi connectivity index (χ1v) is 9.80. The molecule has 1 aliphatic heterocycles. The molecule has 0 aromatic carbocycles. The van der Waals surface area contributed by atoms with Crippen LogP contribution < -0.4 is 0 Å². The van der Waals surface area contributed by atoms with Gasteiger partial charge in [0.25, 0.3) is 0 Å². The third-order valence-corrected chi connectivity index (χ3v) is 6.10. The van der Waals surface area contributed by atoms with Crippen molar-refractivity contribution in [1.82, 2.24) is 15.1 Å². The van der Waals surface area contributed by atoms with Crippen molar-refractivity contribution in [1.29, 1.82) is 0 Å². The number of rotatable bonds is 5. The molecule has 5 nitrogen and oxygen atoms in total. The van der Waals surface area contributed by atoms with E-state index >= 15 is 0 Å². The van der Waals surface area contributed by atoms with Crippen LogP contribution >= 0.6 is 0 Å². The summed E-state index contributed by atoms with van der Waals surface area (Å²) in [7, 11) is 0. The molecule has 5 heteroatoms. The average molecular weight is 348 g/mol. The monoisotopic (exact) mass is 347 g/mol. The highest BCUT2D eigenvalue weighted by molar-refractivity contribution is 5.14. The number of likely N-dealkylation sites (tertiary alicyclic amines) is 1. The van der Waals surface area contributed by atoms with Crippen LogP contribution in [0.5, 0.6) is 0 Å². The Kier molecular flexibility index (Phi) is 5.95. The third-order valence-electron chi connectivity index (χ3n) is 6.10. The Morgan fingerprint density at radius 2 is 1.96 bits per heavy atom. The van der Waals surface area contributed by atoms with E-state index in [1.165, 1.54) is 12.0 Å². The highest BCUT2D eigenvalue weighted by Gasteiger charge is 2.33. The highest BCUT2D eigenvalue weighted by Crippen LogP contribution is 2.39. The molecule has 1 aliphatic carbocycles. The lowest BCUT2D eigenvalue weighted by atomic mass is 9.69. The minimum atomic E-state index is -0.0944. The van der Waals surface area contributed by atoms with Gasteiger partial charge in [-0.3, -0.25) is 0 Å². The van der Waals surface area contributed by atoms with Gasteiger partial charge in [0.1, 0.15) is 0 Å². The van der Waals surface area contributed by atoms with E-state index in [1.54, 1.807) is 0 Å². The number of aryl methyl sites for hydroxylation is 1. The van der Waals surface area contributed by atoms with Crippen LogP contribution in [0.3, 0.4) is 0 Å². The van der Waals surface area contributed by atoms with E-state index in [-0.39, 0.29) is 6.10 Å². The number of aliphatic hydroxyl groups excluding tert-OH is 1. The molecule has 25 heavy (non-hydrogen) atoms. The van der Waals surface area contributed by atoms with E-state index < -0.39 is 0 Å². The van der Waals surface area contributed by atoms with Gasteiger partial charge in [-0.05, 0) is 49.9 Å². The van der Waals surface area contributed by atoms with Crippen molar-refractivity contribution >= 4 is 0 Å². The molecule has 2 aliphatic rings. The summed E-state index contributed by atoms with van der Waals surface area (Å²) >= 11 is 0. The van der Waals surface area contributed by atoms with Crippen LogP contribution in [0.1, 0.15) is 51.8 Å². The second-order valence-corrected chi connectivity index (χ2v) is 8.37. The Labute approximate surface area is 151 Å². The largest absolute Gasteiger partial charge is 0.426 e. The maximum atomic E-state index is 9.73. The lowest BCUT2D eigenvalue weighted by Gasteiger charge is -2.40. The van der Waals surface area contributed by atoms with E-state index in [2.05, 4.69) is 41.9 Å². The van der Waals surface area contributed by atoms with Gasteiger partial charge in [0.15, 0.2) is 0 Å². The minimum Gasteiger partial charge on any atom is -0.426 e. The highest BCUT2D eigenvalue weighted by atomic mass is 16.4. The molecule has 1 aromatic rings. The van der Waals surface area contributed by atoms with Gasteiger partial charge in [-0.1, -0.05) is 25.5 Å². The summed E-state index contributed by atoms with van der Waals surface area (Å²) in [6.45, 7) is 12.0. The molecular weight excluding hydrogens is 314 g/mol. The van der Waals surface area contributed by atoms with Crippen LogP contribution in [-0.2, 0) is 6.42 Å². The topological polar surface area (TPSA) is 62.4 Å². The van der Waals surface area contributed by atoms with Crippen molar-refractivity contribution in [3.05, 3.63) is 23.4 Å². The van der Waals surface area contributed by atoms with E-state index in [0.717, 1.165) is 44.8 Å². The van der Waals surface area contributed by atoms with E-state index in [9.17, 15) is 5.11 Å². The molecule has 2 heterocycles. The summed E-state index contributed by atoms with van der Waals surface area (Å²) in [6, 6.07) is 0. The van der Waals surface area contributed by atoms with Crippen LogP contribution in [0.2, 0.25) is 0 Å². The number of allylic oxidation sites excluding steroid dienone is 1. The second kappa shape index (κ2) is 8.00. The lowest BCUT2D eigenvalue weighted by Crippen LogP contribution is -2.42. The van der Waals surface area contributed by atoms with E-state index in [0.29, 0.717) is 29.6 Å². The number of piperidine rings is 1. The summed E-state index contributed by atoms with van der Waals surface area (Å²) in [6.07, 6.45) is 6.30. The van der Waals surface area contributed by atoms with Crippen molar-refractivity contribution < 1.29 is 9.52 Å². The Morgan fingerprint density at radius 1 is 1.24 bits per heavy atom. The zero-order valence-corrected chi connectivity index (χ0v) is 16.1. The number of hydrogen-bond acceptors (Lipinski definition) is 5. The lowest BCUT2D eigenvalue weighted by molar-refractivity contribution is 0.0670. The molecule has 1 saturated heterocycles. The van der Waals surface area contributed by atoms with Crippen LogP contribution in [0.15, 0.2) is 16.1 Å². The molecule has 3 rings (SSSR count). The summed E-state index contributed by atoms with van der Waals surface area (Å²) in [5.74, 6) is 3.88. The number of aromatic nitrogens is 2. The standard InChI is InChI=1S/C20H33N3O2/c1-13(2)19-10-16(11-20-22-21-15(4)25-20)14(3)9-17(19)12-23-7-5-18(24)6-8-23/h9,13,16-19,24H,5-8,10-12H2,1-4H3/t16-,17+,19+/m1/s1. The third kappa shape index (κ3) is 4.70. The maximum Gasteiger partial charge on any atom is 0.217 e. The van der Waals surface area contributed by atoms with Crippen LogP contribution in [0.25, 0.3) is 0 Å². The summed E-state index contributed by atoms with van der Waals surface area (Å²) in [5, 5.41) is 17.9. The fraction of sp³-hybridized carbons (Fsp3) is 0.800. The summed E-state index contributed by atoms with van der Waals surface area (Å²) < 4.78 is 5.61. The molecule has 1 fully saturated rings. The number of aliphatic hydroxyl groups is 1. The molecule has 3 atom stereocenters. The Morgan fingerprint density at radius 3 is 2.56 bits per heavy atom. The van der Waals surface area contributed by atoms with Crippen molar-refractivity contribution in [2.45, 2.75) is 59.5 Å². The van der Waals surface area contributed by atoms with Gasteiger partial charge in [0.2, 0.25) is 11.8 Å². The zero-order valence-electron chi connectivity index (χ0n) is 16.1. The molecule has 0 saturated carbocycles. The van der Waals surface area contributed by atoms with Crippen molar-refractivity contribution in [3.63, 3.8) is 0 Å². The Hall–Kier alpha value is -1.20. The second-order valence-electron chi connectivity index (χ2n) is 8.37. The predicted molar refractivity (Wildman–Crippen MR) is 98.1 cm³/mol. The van der Waals surface area contributed by atoms with Crippen LogP contribution in [0.4, 0.5) is 0 Å². The maximum absolute atomic E-state index is 9.73. The fourth-order valence-electron chi connectivity index (χ4n) is 4.52. The Bertz CT molecular complexity index is 588. The molecule has 1 aromatic heterocycles. The van der Waals surface area contributed by atoms with Gasteiger partial charge in [-0.2, -0.15) is 0 Å². The summed E-state index contributed by atoms with van der Waals surface area (Å²) in [4.78, 5) is 2.54. The quantitative estimate of drug-likeness (QED) is 0.829. The van der Waals surface area contributed by atoms with Crippen LogP contribution in [-0.4, -0.2) is 45.9 Å². The van der Waals surface area contributed by atoms with Crippen LogP contribution in [0, 0.1) is 30.6 Å². The molecule has 0 amide bonds. The molecule has 0 spiro atoms. The first-order chi connectivity index (χ1) is 11.9. The first-order valence-electron chi connectivity index (χ1n) is 9.80. The zero-order chi connectivity index (χ0) is 18.0. The van der Waals surface area contributed by atoms with Crippen molar-refractivity contribution in [2.24, 2.45) is 23.7 Å². The fourth-order valence-corrected chi connectivity index (χ4v) is 4.52.